The van der Waals surface area contributed by atoms with E-state index in [1.165, 1.54) is 11.3 Å². The summed E-state index contributed by atoms with van der Waals surface area (Å²) in [5, 5.41) is 2.72. The SMILES string of the molecule is O=C(c1sccc1Br)c1c[nH]c2ncc(Br)cc12. The Labute approximate surface area is 124 Å². The molecule has 0 aromatic carbocycles. The first-order valence-corrected chi connectivity index (χ1v) is 7.53. The Bertz CT molecular complexity index is 747. The molecule has 0 radical (unpaired) electrons. The third-order valence-corrected chi connectivity index (χ3v) is 4.84. The predicted molar refractivity (Wildman–Crippen MR) is 79.2 cm³/mol. The Morgan fingerprint density at radius 1 is 1.39 bits per heavy atom. The van der Waals surface area contributed by atoms with Crippen LogP contribution in [0.25, 0.3) is 11.0 Å². The monoisotopic (exact) mass is 384 g/mol. The molecule has 18 heavy (non-hydrogen) atoms. The fourth-order valence-electron chi connectivity index (χ4n) is 1.74. The maximum atomic E-state index is 12.4. The second-order valence-electron chi connectivity index (χ2n) is 3.68. The van der Waals surface area contributed by atoms with Crippen molar-refractivity contribution >= 4 is 60.0 Å². The van der Waals surface area contributed by atoms with Gasteiger partial charge in [0.15, 0.2) is 0 Å². The molecule has 0 amide bonds. The average molecular weight is 386 g/mol. The van der Waals surface area contributed by atoms with Crippen LogP contribution in [0.15, 0.2) is 38.9 Å². The van der Waals surface area contributed by atoms with Crippen LogP contribution in [0, 0.1) is 0 Å². The minimum Gasteiger partial charge on any atom is -0.345 e. The molecule has 0 unspecified atom stereocenters. The first-order chi connectivity index (χ1) is 8.66. The number of hydrogen-bond acceptors (Lipinski definition) is 3. The fourth-order valence-corrected chi connectivity index (χ4v) is 3.58. The van der Waals surface area contributed by atoms with Gasteiger partial charge < -0.3 is 4.98 Å². The first-order valence-electron chi connectivity index (χ1n) is 5.07. The lowest BCUT2D eigenvalue weighted by Crippen LogP contribution is -1.98. The van der Waals surface area contributed by atoms with Crippen LogP contribution in [0.5, 0.6) is 0 Å². The zero-order valence-electron chi connectivity index (χ0n) is 8.91. The number of thiophene rings is 1. The molecule has 3 aromatic heterocycles. The van der Waals surface area contributed by atoms with Crippen LogP contribution in [-0.4, -0.2) is 15.8 Å². The molecule has 3 rings (SSSR count). The molecule has 0 aliphatic heterocycles. The topological polar surface area (TPSA) is 45.8 Å². The Hall–Kier alpha value is -0.980. The van der Waals surface area contributed by atoms with Gasteiger partial charge in [-0.05, 0) is 49.4 Å². The van der Waals surface area contributed by atoms with Gasteiger partial charge in [0, 0.05) is 26.7 Å². The second kappa shape index (κ2) is 4.60. The van der Waals surface area contributed by atoms with E-state index in [1.54, 1.807) is 12.4 Å². The predicted octanol–water partition coefficient (Wildman–Crippen LogP) is 4.38. The van der Waals surface area contributed by atoms with Crippen LogP contribution in [0.4, 0.5) is 0 Å². The Morgan fingerprint density at radius 3 is 2.94 bits per heavy atom. The number of aromatic amines is 1. The molecular formula is C12H6Br2N2OS. The van der Waals surface area contributed by atoms with Gasteiger partial charge >= 0.3 is 0 Å². The molecule has 0 fully saturated rings. The number of nitrogens with one attached hydrogen (secondary N) is 1. The lowest BCUT2D eigenvalue weighted by Gasteiger charge is -1.97. The number of rotatable bonds is 2. The highest BCUT2D eigenvalue weighted by Gasteiger charge is 2.18. The van der Waals surface area contributed by atoms with E-state index in [2.05, 4.69) is 41.8 Å². The summed E-state index contributed by atoms with van der Waals surface area (Å²) in [4.78, 5) is 20.4. The van der Waals surface area contributed by atoms with Crippen molar-refractivity contribution < 1.29 is 4.79 Å². The number of halogens is 2. The van der Waals surface area contributed by atoms with Gasteiger partial charge in [0.25, 0.3) is 0 Å². The number of aromatic nitrogens is 2. The smallest absolute Gasteiger partial charge is 0.206 e. The van der Waals surface area contributed by atoms with Crippen LogP contribution in [0.3, 0.4) is 0 Å². The molecule has 0 spiro atoms. The quantitative estimate of drug-likeness (QED) is 0.665. The highest BCUT2D eigenvalue weighted by Crippen LogP contribution is 2.29. The normalized spacial score (nSPS) is 11.0. The summed E-state index contributed by atoms with van der Waals surface area (Å²) in [7, 11) is 0. The summed E-state index contributed by atoms with van der Waals surface area (Å²) in [6.07, 6.45) is 3.41. The van der Waals surface area contributed by atoms with Crippen LogP contribution < -0.4 is 0 Å². The van der Waals surface area contributed by atoms with E-state index in [-0.39, 0.29) is 5.78 Å². The van der Waals surface area contributed by atoms with E-state index < -0.39 is 0 Å². The summed E-state index contributed by atoms with van der Waals surface area (Å²) in [6, 6.07) is 3.77. The van der Waals surface area contributed by atoms with Crippen molar-refractivity contribution in [3.05, 3.63) is 49.3 Å². The highest BCUT2D eigenvalue weighted by atomic mass is 79.9. The van der Waals surface area contributed by atoms with Gasteiger partial charge in [0.05, 0.1) is 10.4 Å². The van der Waals surface area contributed by atoms with Crippen molar-refractivity contribution in [3.63, 3.8) is 0 Å². The highest BCUT2D eigenvalue weighted by molar-refractivity contribution is 9.10. The minimum atomic E-state index is 0.00280. The number of nitrogens with zero attached hydrogens (tertiary/aromatic N) is 1. The molecule has 0 saturated heterocycles. The van der Waals surface area contributed by atoms with Gasteiger partial charge in [-0.25, -0.2) is 4.98 Å². The van der Waals surface area contributed by atoms with Crippen LogP contribution in [-0.2, 0) is 0 Å². The van der Waals surface area contributed by atoms with Crippen molar-refractivity contribution in [1.29, 1.82) is 0 Å². The molecule has 3 aromatic rings. The number of H-pyrrole nitrogens is 1. The summed E-state index contributed by atoms with van der Waals surface area (Å²) in [6.45, 7) is 0. The van der Waals surface area contributed by atoms with Crippen LogP contribution in [0.1, 0.15) is 15.2 Å². The van der Waals surface area contributed by atoms with E-state index in [0.717, 1.165) is 14.3 Å². The zero-order valence-corrected chi connectivity index (χ0v) is 12.9. The second-order valence-corrected chi connectivity index (χ2v) is 6.36. The van der Waals surface area contributed by atoms with Gasteiger partial charge in [0.1, 0.15) is 5.65 Å². The van der Waals surface area contributed by atoms with E-state index in [4.69, 9.17) is 0 Å². The molecule has 0 aliphatic rings. The molecule has 6 heteroatoms. The summed E-state index contributed by atoms with van der Waals surface area (Å²) in [5.41, 5.74) is 1.36. The number of carbonyl (C=O) groups is 1. The number of ketones is 1. The molecule has 90 valence electrons. The van der Waals surface area contributed by atoms with E-state index in [1.807, 2.05) is 17.5 Å². The van der Waals surface area contributed by atoms with Crippen molar-refractivity contribution in [3.8, 4) is 0 Å². The van der Waals surface area contributed by atoms with Crippen LogP contribution in [0.2, 0.25) is 0 Å². The van der Waals surface area contributed by atoms with Gasteiger partial charge in [0.2, 0.25) is 5.78 Å². The van der Waals surface area contributed by atoms with E-state index >= 15 is 0 Å². The van der Waals surface area contributed by atoms with E-state index in [0.29, 0.717) is 16.1 Å². The molecule has 0 saturated carbocycles. The average Bonchev–Trinajstić information content (AvgIpc) is 2.94. The van der Waals surface area contributed by atoms with Crippen LogP contribution >= 0.6 is 43.2 Å². The minimum absolute atomic E-state index is 0.00280. The number of fused-ring (bicyclic) bond motifs is 1. The molecule has 3 heterocycles. The lowest BCUT2D eigenvalue weighted by molar-refractivity contribution is 0.104. The third-order valence-electron chi connectivity index (χ3n) is 2.57. The Kier molecular flexibility index (Phi) is 3.09. The molecule has 0 bridgehead atoms. The van der Waals surface area contributed by atoms with Crippen molar-refractivity contribution in [2.24, 2.45) is 0 Å². The molecule has 1 N–H and O–H groups in total. The largest absolute Gasteiger partial charge is 0.345 e. The molecule has 0 atom stereocenters. The van der Waals surface area contributed by atoms with Gasteiger partial charge in [-0.3, -0.25) is 4.79 Å². The number of hydrogen-bond donors (Lipinski definition) is 1. The number of pyridine rings is 1. The summed E-state index contributed by atoms with van der Waals surface area (Å²) in [5.74, 6) is 0.00280. The molecule has 3 nitrogen and oxygen atoms in total. The maximum Gasteiger partial charge on any atom is 0.206 e. The molecular weight excluding hydrogens is 380 g/mol. The lowest BCUT2D eigenvalue weighted by atomic mass is 10.1. The number of carbonyl (C=O) groups excluding carboxylic acids is 1. The first kappa shape index (κ1) is 12.1. The van der Waals surface area contributed by atoms with Gasteiger partial charge in [-0.1, -0.05) is 0 Å². The third kappa shape index (κ3) is 1.94. The maximum absolute atomic E-state index is 12.4. The molecule has 0 aliphatic carbocycles. The van der Waals surface area contributed by atoms with Gasteiger partial charge in [-0.15, -0.1) is 11.3 Å². The Morgan fingerprint density at radius 2 is 2.22 bits per heavy atom. The van der Waals surface area contributed by atoms with Crippen molar-refractivity contribution in [2.45, 2.75) is 0 Å². The van der Waals surface area contributed by atoms with E-state index in [9.17, 15) is 4.79 Å². The zero-order chi connectivity index (χ0) is 12.7. The fraction of sp³-hybridized carbons (Fsp3) is 0. The Balaban J connectivity index is 2.18. The van der Waals surface area contributed by atoms with Crippen molar-refractivity contribution in [1.82, 2.24) is 9.97 Å². The standard InChI is InChI=1S/C12H6Br2N2OS/c13-6-3-7-8(5-16-12(7)15-4-6)10(17)11-9(14)1-2-18-11/h1-5H,(H,15,16). The van der Waals surface area contributed by atoms with Gasteiger partial charge in [-0.2, -0.15) is 0 Å². The summed E-state index contributed by atoms with van der Waals surface area (Å²) >= 11 is 8.18. The van der Waals surface area contributed by atoms with Crippen molar-refractivity contribution in [2.75, 3.05) is 0 Å². The summed E-state index contributed by atoms with van der Waals surface area (Å²) < 4.78 is 1.68.